The molecule has 284 valence electrons. The van der Waals surface area contributed by atoms with E-state index in [1.807, 2.05) is 0 Å². The summed E-state index contributed by atoms with van der Waals surface area (Å²) in [6, 6.07) is 15.4. The van der Waals surface area contributed by atoms with Crippen molar-refractivity contribution in [1.82, 2.24) is 9.88 Å². The van der Waals surface area contributed by atoms with Gasteiger partial charge in [0.25, 0.3) is 0 Å². The van der Waals surface area contributed by atoms with Crippen LogP contribution in [0.4, 0.5) is 18.9 Å². The van der Waals surface area contributed by atoms with Gasteiger partial charge < -0.3 is 24.3 Å². The molecule has 3 atom stereocenters. The van der Waals surface area contributed by atoms with Crippen LogP contribution in [0.15, 0.2) is 79.1 Å². The number of nitrogens with one attached hydrogen (secondary N) is 1. The number of anilines is 1. The van der Waals surface area contributed by atoms with Crippen molar-refractivity contribution in [2.45, 2.75) is 57.0 Å². The highest BCUT2D eigenvalue weighted by Gasteiger charge is 2.38. The Balaban J connectivity index is 1.15. The Hall–Kier alpha value is -4.52. The van der Waals surface area contributed by atoms with Crippen molar-refractivity contribution in [2.24, 2.45) is 11.8 Å². The van der Waals surface area contributed by atoms with Gasteiger partial charge in [0.15, 0.2) is 17.5 Å². The molecule has 1 N–H and O–H groups in total. The van der Waals surface area contributed by atoms with Crippen LogP contribution in [0.25, 0.3) is 0 Å². The van der Waals surface area contributed by atoms with Crippen molar-refractivity contribution in [1.29, 1.82) is 0 Å². The van der Waals surface area contributed by atoms with Crippen LogP contribution in [-0.2, 0) is 20.7 Å². The van der Waals surface area contributed by atoms with Crippen molar-refractivity contribution >= 4 is 40.8 Å². The molecule has 4 fully saturated rings. The summed E-state index contributed by atoms with van der Waals surface area (Å²) in [7, 11) is 0. The summed E-state index contributed by atoms with van der Waals surface area (Å²) in [6.45, 7) is -0.198. The van der Waals surface area contributed by atoms with Crippen LogP contribution in [0.3, 0.4) is 0 Å². The van der Waals surface area contributed by atoms with Crippen LogP contribution in [0, 0.1) is 17.7 Å². The SMILES string of the molecule is O=C(O[C@@H](Cc1c(Cl)cncc1Cl)c1ccc(OC(F)F)c(OCC2CC2)c1)c1cccc(NC(C(=O)O[C@H]2CN3CCC2CC3)c2ccccc2F)c1. The van der Waals surface area contributed by atoms with Crippen LogP contribution < -0.4 is 14.8 Å². The molecule has 3 aliphatic heterocycles. The lowest BCUT2D eigenvalue weighted by Gasteiger charge is -2.44. The lowest BCUT2D eigenvalue weighted by Crippen LogP contribution is -2.52. The van der Waals surface area contributed by atoms with Gasteiger partial charge in [-0.1, -0.05) is 53.5 Å². The molecule has 2 bridgehead atoms. The van der Waals surface area contributed by atoms with E-state index in [4.69, 9.17) is 42.1 Å². The summed E-state index contributed by atoms with van der Waals surface area (Å²) in [5.74, 6) is -1.49. The standard InChI is InChI=1S/C40H38Cl2F3N3O6/c41-30-19-46-20-31(42)29(30)18-34(25-10-11-33(54-40(44)45)35(17-25)51-22-23-8-9-23)52-38(49)26-4-3-5-27(16-26)47-37(28-6-1-2-7-32(28)43)39(50)53-36-21-48-14-12-24(36)13-15-48/h1-7,10-11,16-17,19-20,23-24,34,36-37,40,47H,8-9,12-15,18,21-22H2/t34-,36-,37?/m0/s1. The van der Waals surface area contributed by atoms with Crippen LogP contribution in [-0.4, -0.2) is 60.8 Å². The summed E-state index contributed by atoms with van der Waals surface area (Å²) >= 11 is 12.9. The zero-order chi connectivity index (χ0) is 37.8. The van der Waals surface area contributed by atoms with Crippen molar-refractivity contribution < 1.29 is 41.7 Å². The number of piperidine rings is 3. The summed E-state index contributed by atoms with van der Waals surface area (Å²) in [5, 5.41) is 3.57. The third-order valence-corrected chi connectivity index (χ3v) is 10.7. The van der Waals surface area contributed by atoms with Crippen LogP contribution in [0.2, 0.25) is 10.0 Å². The second kappa shape index (κ2) is 16.9. The first kappa shape index (κ1) is 37.8. The Morgan fingerprint density at radius 1 is 0.926 bits per heavy atom. The molecule has 4 aliphatic rings. The lowest BCUT2D eigenvalue weighted by molar-refractivity contribution is -0.160. The Labute approximate surface area is 320 Å². The number of benzene rings is 3. The van der Waals surface area contributed by atoms with Crippen molar-refractivity contribution in [3.63, 3.8) is 0 Å². The largest absolute Gasteiger partial charge is 0.489 e. The number of hydrogen-bond donors (Lipinski definition) is 1. The van der Waals surface area contributed by atoms with E-state index >= 15 is 4.39 Å². The van der Waals surface area contributed by atoms with E-state index in [0.29, 0.717) is 35.9 Å². The molecule has 1 unspecified atom stereocenters. The first-order valence-corrected chi connectivity index (χ1v) is 18.6. The molecule has 1 aliphatic carbocycles. The second-order valence-corrected chi connectivity index (χ2v) is 14.6. The average molecular weight is 785 g/mol. The van der Waals surface area contributed by atoms with Gasteiger partial charge in [0, 0.05) is 36.6 Å². The number of ether oxygens (including phenoxy) is 4. The highest BCUT2D eigenvalue weighted by Crippen LogP contribution is 2.39. The van der Waals surface area contributed by atoms with Gasteiger partial charge >= 0.3 is 18.6 Å². The molecule has 9 nitrogen and oxygen atoms in total. The molecular weight excluding hydrogens is 746 g/mol. The summed E-state index contributed by atoms with van der Waals surface area (Å²) in [6.07, 6.45) is 5.31. The highest BCUT2D eigenvalue weighted by molar-refractivity contribution is 6.35. The quantitative estimate of drug-likeness (QED) is 0.119. The molecule has 8 rings (SSSR count). The average Bonchev–Trinajstić information content (AvgIpc) is 4.00. The van der Waals surface area contributed by atoms with Crippen molar-refractivity contribution in [2.75, 3.05) is 31.6 Å². The molecule has 14 heteroatoms. The minimum Gasteiger partial charge on any atom is -0.489 e. The smallest absolute Gasteiger partial charge is 0.387 e. The Morgan fingerprint density at radius 2 is 1.69 bits per heavy atom. The highest BCUT2D eigenvalue weighted by atomic mass is 35.5. The van der Waals surface area contributed by atoms with Crippen LogP contribution in [0.5, 0.6) is 11.5 Å². The number of nitrogens with zero attached hydrogens (tertiary/aromatic N) is 2. The predicted molar refractivity (Wildman–Crippen MR) is 196 cm³/mol. The molecule has 0 spiro atoms. The minimum atomic E-state index is -3.08. The number of esters is 2. The van der Waals surface area contributed by atoms with Gasteiger partial charge in [-0.2, -0.15) is 8.78 Å². The first-order valence-electron chi connectivity index (χ1n) is 17.9. The number of hydrogen-bond acceptors (Lipinski definition) is 9. The predicted octanol–water partition coefficient (Wildman–Crippen LogP) is 8.85. The number of carbonyl (C=O) groups is 2. The van der Waals surface area contributed by atoms with Crippen LogP contribution in [0.1, 0.15) is 64.9 Å². The van der Waals surface area contributed by atoms with Gasteiger partial charge in [-0.25, -0.2) is 14.0 Å². The maximum atomic E-state index is 15.2. The molecule has 3 saturated heterocycles. The fraction of sp³-hybridized carbons (Fsp3) is 0.375. The number of halogens is 5. The zero-order valence-corrected chi connectivity index (χ0v) is 30.6. The minimum absolute atomic E-state index is 0.00176. The number of alkyl halides is 2. The fourth-order valence-corrected chi connectivity index (χ4v) is 7.42. The Kier molecular flexibility index (Phi) is 11.8. The third-order valence-electron chi connectivity index (χ3n) is 10.0. The molecule has 1 saturated carbocycles. The van der Waals surface area contributed by atoms with E-state index in [9.17, 15) is 18.4 Å². The summed E-state index contributed by atoms with van der Waals surface area (Å²) < 4.78 is 64.4. The Morgan fingerprint density at radius 3 is 2.37 bits per heavy atom. The second-order valence-electron chi connectivity index (χ2n) is 13.8. The van der Waals surface area contributed by atoms with Gasteiger partial charge in [-0.05, 0) is 98.1 Å². The molecule has 54 heavy (non-hydrogen) atoms. The molecule has 3 aromatic carbocycles. The van der Waals surface area contributed by atoms with Gasteiger partial charge in [0.1, 0.15) is 18.0 Å². The topological polar surface area (TPSA) is 99.2 Å². The van der Waals surface area contributed by atoms with Gasteiger partial charge in [-0.15, -0.1) is 0 Å². The van der Waals surface area contributed by atoms with Gasteiger partial charge in [0.05, 0.1) is 22.2 Å². The molecule has 4 heterocycles. The van der Waals surface area contributed by atoms with Gasteiger partial charge in [0.2, 0.25) is 0 Å². The fourth-order valence-electron chi connectivity index (χ4n) is 6.90. The van der Waals surface area contributed by atoms with Gasteiger partial charge in [-0.3, -0.25) is 9.88 Å². The number of aromatic nitrogens is 1. The third kappa shape index (κ3) is 9.22. The number of fused-ring (bicyclic) bond motifs is 3. The Bertz CT molecular complexity index is 1960. The molecule has 0 amide bonds. The van der Waals surface area contributed by atoms with Crippen LogP contribution >= 0.6 is 23.2 Å². The van der Waals surface area contributed by atoms with E-state index in [2.05, 4.69) is 15.2 Å². The summed E-state index contributed by atoms with van der Waals surface area (Å²) in [4.78, 5) is 33.9. The van der Waals surface area contributed by atoms with E-state index in [-0.39, 0.29) is 51.1 Å². The molecular formula is C40H38Cl2F3N3O6. The number of carbonyl (C=O) groups excluding carboxylic acids is 2. The maximum Gasteiger partial charge on any atom is 0.387 e. The normalized spacial score (nSPS) is 20.2. The number of pyridine rings is 1. The molecule has 0 radical (unpaired) electrons. The van der Waals surface area contributed by atoms with E-state index in [0.717, 1.165) is 38.8 Å². The molecule has 4 aromatic rings. The van der Waals surface area contributed by atoms with Crippen molar-refractivity contribution in [3.8, 4) is 11.5 Å². The summed E-state index contributed by atoms with van der Waals surface area (Å²) in [5.41, 5.74) is 1.40. The van der Waals surface area contributed by atoms with E-state index in [1.54, 1.807) is 18.2 Å². The monoisotopic (exact) mass is 783 g/mol. The van der Waals surface area contributed by atoms with Crippen molar-refractivity contribution in [3.05, 3.63) is 117 Å². The van der Waals surface area contributed by atoms with E-state index < -0.39 is 36.5 Å². The number of rotatable bonds is 15. The molecule has 1 aromatic heterocycles. The van der Waals surface area contributed by atoms with E-state index in [1.165, 1.54) is 60.9 Å². The first-order chi connectivity index (χ1) is 26.1. The zero-order valence-electron chi connectivity index (χ0n) is 29.1. The lowest BCUT2D eigenvalue weighted by atomic mass is 9.86. The maximum absolute atomic E-state index is 15.2.